The molecular weight excluding hydrogens is 227 g/mol. The smallest absolute Gasteiger partial charge is 0.255 e. The first-order valence-corrected chi connectivity index (χ1v) is 4.98. The Balaban J connectivity index is 2.73. The van der Waals surface area contributed by atoms with E-state index in [1.54, 1.807) is 6.92 Å². The Hall–Kier alpha value is -2.11. The number of hydrogen-bond donors (Lipinski definition) is 3. The average molecular weight is 240 g/mol. The quantitative estimate of drug-likeness (QED) is 0.716. The monoisotopic (exact) mass is 240 g/mol. The number of benzene rings is 1. The van der Waals surface area contributed by atoms with Crippen LogP contribution in [0.15, 0.2) is 18.2 Å². The van der Waals surface area contributed by atoms with E-state index in [1.807, 2.05) is 0 Å². The van der Waals surface area contributed by atoms with Crippen LogP contribution in [0.4, 0.5) is 4.39 Å². The van der Waals surface area contributed by atoms with Crippen LogP contribution in [0.25, 0.3) is 0 Å². The number of nitrogens with two attached hydrogens (primary N) is 1. The van der Waals surface area contributed by atoms with Crippen LogP contribution in [0.5, 0.6) is 5.75 Å². The van der Waals surface area contributed by atoms with Crippen molar-refractivity contribution in [3.63, 3.8) is 0 Å². The SMILES string of the molecule is CC(CC(N)=O)NC(=O)c1ccc(F)cc1O. The number of rotatable bonds is 4. The van der Waals surface area contributed by atoms with Gasteiger partial charge in [-0.2, -0.15) is 0 Å². The lowest BCUT2D eigenvalue weighted by molar-refractivity contribution is -0.118. The van der Waals surface area contributed by atoms with Gasteiger partial charge in [0, 0.05) is 18.5 Å². The summed E-state index contributed by atoms with van der Waals surface area (Å²) in [7, 11) is 0. The van der Waals surface area contributed by atoms with E-state index in [4.69, 9.17) is 5.73 Å². The van der Waals surface area contributed by atoms with Crippen molar-refractivity contribution < 1.29 is 19.1 Å². The van der Waals surface area contributed by atoms with Gasteiger partial charge >= 0.3 is 0 Å². The number of carbonyl (C=O) groups is 2. The molecule has 0 bridgehead atoms. The fourth-order valence-corrected chi connectivity index (χ4v) is 1.35. The van der Waals surface area contributed by atoms with Crippen molar-refractivity contribution in [3.8, 4) is 5.75 Å². The maximum atomic E-state index is 12.7. The number of hydrogen-bond acceptors (Lipinski definition) is 3. The van der Waals surface area contributed by atoms with Crippen molar-refractivity contribution in [2.45, 2.75) is 19.4 Å². The summed E-state index contributed by atoms with van der Waals surface area (Å²) in [6.45, 7) is 1.60. The fourth-order valence-electron chi connectivity index (χ4n) is 1.35. The van der Waals surface area contributed by atoms with Crippen LogP contribution in [0.3, 0.4) is 0 Å². The normalized spacial score (nSPS) is 11.9. The van der Waals surface area contributed by atoms with E-state index in [9.17, 15) is 19.1 Å². The highest BCUT2D eigenvalue weighted by Crippen LogP contribution is 2.17. The predicted octanol–water partition coefficient (Wildman–Crippen LogP) is 0.525. The van der Waals surface area contributed by atoms with Crippen LogP contribution in [0.1, 0.15) is 23.7 Å². The predicted molar refractivity (Wildman–Crippen MR) is 58.8 cm³/mol. The van der Waals surface area contributed by atoms with Crippen LogP contribution < -0.4 is 11.1 Å². The highest BCUT2D eigenvalue weighted by Gasteiger charge is 2.15. The van der Waals surface area contributed by atoms with Gasteiger partial charge in [0.2, 0.25) is 5.91 Å². The summed E-state index contributed by atoms with van der Waals surface area (Å²) in [5, 5.41) is 11.8. The summed E-state index contributed by atoms with van der Waals surface area (Å²) in [5.74, 6) is -2.21. The summed E-state index contributed by atoms with van der Waals surface area (Å²) in [6, 6.07) is 2.61. The molecule has 92 valence electrons. The number of aromatic hydroxyl groups is 1. The minimum atomic E-state index is -0.635. The molecular formula is C11H13FN2O3. The van der Waals surface area contributed by atoms with Gasteiger partial charge in [-0.05, 0) is 19.1 Å². The number of primary amides is 1. The summed E-state index contributed by atoms with van der Waals surface area (Å²) < 4.78 is 12.7. The molecule has 0 aliphatic heterocycles. The van der Waals surface area contributed by atoms with Gasteiger partial charge in [0.05, 0.1) is 5.56 Å². The van der Waals surface area contributed by atoms with Gasteiger partial charge in [0.15, 0.2) is 0 Å². The van der Waals surface area contributed by atoms with Gasteiger partial charge in [0.25, 0.3) is 5.91 Å². The van der Waals surface area contributed by atoms with Gasteiger partial charge in [-0.1, -0.05) is 0 Å². The van der Waals surface area contributed by atoms with Crippen LogP contribution >= 0.6 is 0 Å². The number of amides is 2. The Bertz CT molecular complexity index is 448. The third kappa shape index (κ3) is 3.75. The molecule has 5 nitrogen and oxygen atoms in total. The van der Waals surface area contributed by atoms with Gasteiger partial charge in [0.1, 0.15) is 11.6 Å². The largest absolute Gasteiger partial charge is 0.507 e. The highest BCUT2D eigenvalue weighted by molar-refractivity contribution is 5.97. The minimum Gasteiger partial charge on any atom is -0.507 e. The molecule has 1 atom stereocenters. The summed E-state index contributed by atoms with van der Waals surface area (Å²) in [4.78, 5) is 22.2. The first kappa shape index (κ1) is 13.0. The van der Waals surface area contributed by atoms with Crippen molar-refractivity contribution in [2.24, 2.45) is 5.73 Å². The Morgan fingerprint density at radius 3 is 2.71 bits per heavy atom. The third-order valence-corrected chi connectivity index (χ3v) is 2.09. The van der Waals surface area contributed by atoms with Gasteiger partial charge < -0.3 is 16.2 Å². The third-order valence-electron chi connectivity index (χ3n) is 2.09. The molecule has 0 radical (unpaired) electrons. The molecule has 1 aromatic rings. The standard InChI is InChI=1S/C11H13FN2O3/c1-6(4-10(13)16)14-11(17)8-3-2-7(12)5-9(8)15/h2-3,5-6,15H,4H2,1H3,(H2,13,16)(H,14,17). The first-order valence-electron chi connectivity index (χ1n) is 4.98. The molecule has 1 aromatic carbocycles. The second-order valence-electron chi connectivity index (χ2n) is 3.71. The van der Waals surface area contributed by atoms with Crippen molar-refractivity contribution in [3.05, 3.63) is 29.6 Å². The Morgan fingerprint density at radius 2 is 2.18 bits per heavy atom. The van der Waals surface area contributed by atoms with E-state index < -0.39 is 29.4 Å². The van der Waals surface area contributed by atoms with Gasteiger partial charge in [-0.15, -0.1) is 0 Å². The maximum Gasteiger partial charge on any atom is 0.255 e. The molecule has 0 aromatic heterocycles. The molecule has 0 fully saturated rings. The summed E-state index contributed by atoms with van der Waals surface area (Å²) in [6.07, 6.45) is -0.00625. The number of phenolic OH excluding ortho intramolecular Hbond substituents is 1. The van der Waals surface area contributed by atoms with Gasteiger partial charge in [-0.25, -0.2) is 4.39 Å². The molecule has 4 N–H and O–H groups in total. The summed E-state index contributed by atoms with van der Waals surface area (Å²) >= 11 is 0. The second kappa shape index (κ2) is 5.29. The average Bonchev–Trinajstić information content (AvgIpc) is 2.15. The van der Waals surface area contributed by atoms with Crippen LogP contribution in [0, 0.1) is 5.82 Å². The lowest BCUT2D eigenvalue weighted by atomic mass is 10.1. The van der Waals surface area contributed by atoms with E-state index in [-0.39, 0.29) is 12.0 Å². The molecule has 2 amide bonds. The Morgan fingerprint density at radius 1 is 1.53 bits per heavy atom. The zero-order chi connectivity index (χ0) is 13.0. The van der Waals surface area contributed by atoms with Crippen molar-refractivity contribution in [1.82, 2.24) is 5.32 Å². The van der Waals surface area contributed by atoms with Crippen LogP contribution in [-0.4, -0.2) is 23.0 Å². The van der Waals surface area contributed by atoms with E-state index in [1.165, 1.54) is 0 Å². The minimum absolute atomic E-state index is 0.00625. The number of halogens is 1. The number of nitrogens with one attached hydrogen (secondary N) is 1. The maximum absolute atomic E-state index is 12.7. The molecule has 0 saturated heterocycles. The summed E-state index contributed by atoms with van der Waals surface area (Å²) in [5.41, 5.74) is 4.92. The molecule has 17 heavy (non-hydrogen) atoms. The lowest BCUT2D eigenvalue weighted by Crippen LogP contribution is -2.35. The number of phenols is 1. The van der Waals surface area contributed by atoms with Crippen molar-refractivity contribution >= 4 is 11.8 Å². The van der Waals surface area contributed by atoms with E-state index >= 15 is 0 Å². The first-order chi connectivity index (χ1) is 7.90. The molecule has 6 heteroatoms. The molecule has 1 rings (SSSR count). The topological polar surface area (TPSA) is 92.4 Å². The van der Waals surface area contributed by atoms with Crippen molar-refractivity contribution in [1.29, 1.82) is 0 Å². The molecule has 0 heterocycles. The van der Waals surface area contributed by atoms with Crippen LogP contribution in [0.2, 0.25) is 0 Å². The number of carbonyl (C=O) groups excluding carboxylic acids is 2. The second-order valence-corrected chi connectivity index (χ2v) is 3.71. The Labute approximate surface area is 97.4 Å². The molecule has 0 aliphatic rings. The zero-order valence-electron chi connectivity index (χ0n) is 9.24. The Kier molecular flexibility index (Phi) is 4.03. The molecule has 0 spiro atoms. The van der Waals surface area contributed by atoms with E-state index in [0.29, 0.717) is 0 Å². The molecule has 0 aliphatic carbocycles. The molecule has 0 saturated carbocycles. The van der Waals surface area contributed by atoms with Crippen molar-refractivity contribution in [2.75, 3.05) is 0 Å². The van der Waals surface area contributed by atoms with E-state index in [0.717, 1.165) is 18.2 Å². The lowest BCUT2D eigenvalue weighted by Gasteiger charge is -2.12. The fraction of sp³-hybridized carbons (Fsp3) is 0.273. The van der Waals surface area contributed by atoms with Crippen LogP contribution in [-0.2, 0) is 4.79 Å². The molecule has 1 unspecified atom stereocenters. The highest BCUT2D eigenvalue weighted by atomic mass is 19.1. The zero-order valence-corrected chi connectivity index (χ0v) is 9.24. The van der Waals surface area contributed by atoms with Gasteiger partial charge in [-0.3, -0.25) is 9.59 Å². The van der Waals surface area contributed by atoms with E-state index in [2.05, 4.69) is 5.32 Å².